The van der Waals surface area contributed by atoms with Crippen molar-refractivity contribution in [2.45, 2.75) is 12.5 Å². The zero-order valence-corrected chi connectivity index (χ0v) is 12.4. The number of imidazole rings is 1. The number of hydrogen-bond donors (Lipinski definition) is 2. The Labute approximate surface area is 127 Å². The van der Waals surface area contributed by atoms with Gasteiger partial charge in [0.25, 0.3) is 0 Å². The van der Waals surface area contributed by atoms with E-state index in [9.17, 15) is 9.18 Å². The molecule has 2 aromatic rings. The van der Waals surface area contributed by atoms with Gasteiger partial charge >= 0.3 is 0 Å². The predicted molar refractivity (Wildman–Crippen MR) is 80.0 cm³/mol. The highest BCUT2D eigenvalue weighted by Crippen LogP contribution is 2.16. The fraction of sp³-hybridized carbons (Fsp3) is 0.467. The summed E-state index contributed by atoms with van der Waals surface area (Å²) < 4.78 is 20.4. The lowest BCUT2D eigenvalue weighted by atomic mass is 10.2. The van der Waals surface area contributed by atoms with Crippen LogP contribution in [0.5, 0.6) is 0 Å². The van der Waals surface area contributed by atoms with Crippen LogP contribution in [0.15, 0.2) is 18.2 Å². The molecule has 1 aromatic carbocycles. The van der Waals surface area contributed by atoms with Gasteiger partial charge in [0.15, 0.2) is 0 Å². The molecule has 1 aliphatic rings. The van der Waals surface area contributed by atoms with Gasteiger partial charge < -0.3 is 19.9 Å². The molecule has 1 amide bonds. The second-order valence-corrected chi connectivity index (χ2v) is 5.34. The maximum atomic E-state index is 13.3. The maximum Gasteiger partial charge on any atom is 0.239 e. The quantitative estimate of drug-likeness (QED) is 0.856. The number of rotatable bonds is 4. The smallest absolute Gasteiger partial charge is 0.239 e. The number of benzene rings is 1. The van der Waals surface area contributed by atoms with Gasteiger partial charge in [-0.25, -0.2) is 9.37 Å². The van der Waals surface area contributed by atoms with Gasteiger partial charge in [0.1, 0.15) is 17.7 Å². The number of fused-ring (bicyclic) bond motifs is 1. The first kappa shape index (κ1) is 14.9. The molecule has 0 aliphatic carbocycles. The van der Waals surface area contributed by atoms with Crippen molar-refractivity contribution in [1.29, 1.82) is 0 Å². The number of amides is 1. The van der Waals surface area contributed by atoms with Crippen molar-refractivity contribution in [3.63, 3.8) is 0 Å². The van der Waals surface area contributed by atoms with Crippen LogP contribution in [-0.2, 0) is 23.0 Å². The van der Waals surface area contributed by atoms with Crippen LogP contribution in [0.4, 0.5) is 4.39 Å². The lowest BCUT2D eigenvalue weighted by Crippen LogP contribution is -2.51. The van der Waals surface area contributed by atoms with Crippen molar-refractivity contribution in [1.82, 2.24) is 20.2 Å². The van der Waals surface area contributed by atoms with Crippen LogP contribution in [0.1, 0.15) is 5.82 Å². The molecular weight excluding hydrogens is 287 g/mol. The number of carbonyl (C=O) groups excluding carboxylic acids is 1. The first-order valence-corrected chi connectivity index (χ1v) is 7.35. The van der Waals surface area contributed by atoms with Crippen LogP contribution in [0.3, 0.4) is 0 Å². The maximum absolute atomic E-state index is 13.3. The number of nitrogens with one attached hydrogen (secondary N) is 2. The van der Waals surface area contributed by atoms with Crippen LogP contribution in [0, 0.1) is 5.82 Å². The third-order valence-electron chi connectivity index (χ3n) is 3.82. The highest BCUT2D eigenvalue weighted by atomic mass is 19.1. The number of nitrogens with zero attached hydrogens (tertiary/aromatic N) is 2. The number of halogens is 1. The molecule has 1 aromatic heterocycles. The molecule has 0 bridgehead atoms. The van der Waals surface area contributed by atoms with E-state index in [0.717, 1.165) is 16.9 Å². The number of aryl methyl sites for hydroxylation is 1. The molecule has 1 saturated heterocycles. The van der Waals surface area contributed by atoms with Gasteiger partial charge in [0.2, 0.25) is 5.91 Å². The molecule has 1 atom stereocenters. The summed E-state index contributed by atoms with van der Waals surface area (Å²) in [6, 6.07) is 4.24. The van der Waals surface area contributed by atoms with Crippen molar-refractivity contribution in [3.8, 4) is 0 Å². The molecule has 1 aliphatic heterocycles. The number of carbonyl (C=O) groups is 1. The topological polar surface area (TPSA) is 68.2 Å². The lowest BCUT2D eigenvalue weighted by Gasteiger charge is -2.22. The highest BCUT2D eigenvalue weighted by molar-refractivity contribution is 5.82. The summed E-state index contributed by atoms with van der Waals surface area (Å²) in [6.45, 7) is 2.21. The molecule has 7 heteroatoms. The molecular formula is C15H19FN4O2. The van der Waals surface area contributed by atoms with Crippen LogP contribution < -0.4 is 10.6 Å². The standard InChI is InChI=1S/C15H19FN4O2/c1-20-13-8-10(16)2-3-11(13)19-14(20)4-5-18-15(21)12-9-22-7-6-17-12/h2-3,8,12,17H,4-7,9H2,1H3,(H,18,21)/t12-/m1/s1. The minimum atomic E-state index is -0.289. The van der Waals surface area contributed by atoms with Crippen molar-refractivity contribution in [2.24, 2.45) is 7.05 Å². The fourth-order valence-corrected chi connectivity index (χ4v) is 2.59. The number of aromatic nitrogens is 2. The Morgan fingerprint density at radius 3 is 3.23 bits per heavy atom. The van der Waals surface area contributed by atoms with E-state index in [1.807, 2.05) is 11.6 Å². The molecule has 1 fully saturated rings. The van der Waals surface area contributed by atoms with E-state index in [4.69, 9.17) is 4.74 Å². The van der Waals surface area contributed by atoms with E-state index in [2.05, 4.69) is 15.6 Å². The Bertz CT molecular complexity index is 679. The Morgan fingerprint density at radius 2 is 2.45 bits per heavy atom. The van der Waals surface area contributed by atoms with Gasteiger partial charge in [0, 0.05) is 26.6 Å². The zero-order valence-electron chi connectivity index (χ0n) is 12.4. The zero-order chi connectivity index (χ0) is 15.5. The monoisotopic (exact) mass is 306 g/mol. The number of ether oxygens (including phenoxy) is 1. The summed E-state index contributed by atoms with van der Waals surface area (Å²) in [6.07, 6.45) is 0.589. The van der Waals surface area contributed by atoms with Crippen LogP contribution in [0.2, 0.25) is 0 Å². The molecule has 0 radical (unpaired) electrons. The molecule has 6 nitrogen and oxygen atoms in total. The Hall–Kier alpha value is -1.99. The Kier molecular flexibility index (Phi) is 4.35. The van der Waals surface area contributed by atoms with Crippen molar-refractivity contribution in [3.05, 3.63) is 29.8 Å². The van der Waals surface area contributed by atoms with Gasteiger partial charge in [-0.2, -0.15) is 0 Å². The van der Waals surface area contributed by atoms with Gasteiger partial charge in [-0.05, 0) is 18.2 Å². The lowest BCUT2D eigenvalue weighted by molar-refractivity contribution is -0.125. The molecule has 2 N–H and O–H groups in total. The van der Waals surface area contributed by atoms with E-state index in [1.54, 1.807) is 6.07 Å². The SMILES string of the molecule is Cn1c(CCNC(=O)[C@H]2COCCN2)nc2ccc(F)cc21. The van der Waals surface area contributed by atoms with Crippen molar-refractivity contribution < 1.29 is 13.9 Å². The third kappa shape index (κ3) is 3.10. The summed E-state index contributed by atoms with van der Waals surface area (Å²) in [5, 5.41) is 5.98. The summed E-state index contributed by atoms with van der Waals surface area (Å²) in [5.41, 5.74) is 1.51. The molecule has 118 valence electrons. The minimum absolute atomic E-state index is 0.0653. The predicted octanol–water partition coefficient (Wildman–Crippen LogP) is 0.359. The van der Waals surface area contributed by atoms with E-state index < -0.39 is 0 Å². The van der Waals surface area contributed by atoms with Crippen LogP contribution >= 0.6 is 0 Å². The second-order valence-electron chi connectivity index (χ2n) is 5.34. The van der Waals surface area contributed by atoms with Gasteiger partial charge in [0.05, 0.1) is 24.2 Å². The molecule has 0 spiro atoms. The average Bonchev–Trinajstić information content (AvgIpc) is 2.84. The largest absolute Gasteiger partial charge is 0.378 e. The molecule has 2 heterocycles. The van der Waals surface area contributed by atoms with Crippen molar-refractivity contribution >= 4 is 16.9 Å². The van der Waals surface area contributed by atoms with Crippen molar-refractivity contribution in [2.75, 3.05) is 26.3 Å². The highest BCUT2D eigenvalue weighted by Gasteiger charge is 2.20. The molecule has 0 unspecified atom stereocenters. The van der Waals surface area contributed by atoms with Gasteiger partial charge in [-0.1, -0.05) is 0 Å². The molecule has 22 heavy (non-hydrogen) atoms. The number of hydrogen-bond acceptors (Lipinski definition) is 4. The molecule has 3 rings (SSSR count). The summed E-state index contributed by atoms with van der Waals surface area (Å²) >= 11 is 0. The number of morpholine rings is 1. The van der Waals surface area contributed by atoms with Crippen LogP contribution in [-0.4, -0.2) is 47.8 Å². The Morgan fingerprint density at radius 1 is 1.59 bits per heavy atom. The van der Waals surface area contributed by atoms with Gasteiger partial charge in [-0.15, -0.1) is 0 Å². The van der Waals surface area contributed by atoms with E-state index in [-0.39, 0.29) is 17.8 Å². The van der Waals surface area contributed by atoms with E-state index >= 15 is 0 Å². The summed E-state index contributed by atoms with van der Waals surface area (Å²) in [5.74, 6) is 0.469. The first-order valence-electron chi connectivity index (χ1n) is 7.35. The van der Waals surface area contributed by atoms with E-state index in [0.29, 0.717) is 32.7 Å². The Balaban J connectivity index is 1.59. The fourth-order valence-electron chi connectivity index (χ4n) is 2.59. The second kappa shape index (κ2) is 6.41. The first-order chi connectivity index (χ1) is 10.6. The summed E-state index contributed by atoms with van der Waals surface area (Å²) in [7, 11) is 1.85. The van der Waals surface area contributed by atoms with Gasteiger partial charge in [-0.3, -0.25) is 4.79 Å². The van der Waals surface area contributed by atoms with E-state index in [1.165, 1.54) is 12.1 Å². The third-order valence-corrected chi connectivity index (χ3v) is 3.82. The minimum Gasteiger partial charge on any atom is -0.378 e. The summed E-state index contributed by atoms with van der Waals surface area (Å²) in [4.78, 5) is 16.4. The average molecular weight is 306 g/mol. The molecule has 0 saturated carbocycles. The normalized spacial score (nSPS) is 18.5. The van der Waals surface area contributed by atoms with Crippen LogP contribution in [0.25, 0.3) is 11.0 Å².